The minimum Gasteiger partial charge on any atom is -0.339 e. The number of nitrogens with zero attached hydrogens (tertiary/aromatic N) is 3. The van der Waals surface area contributed by atoms with Crippen molar-refractivity contribution in [2.24, 2.45) is 5.73 Å². The van der Waals surface area contributed by atoms with Crippen molar-refractivity contribution in [1.29, 1.82) is 0 Å². The van der Waals surface area contributed by atoms with Gasteiger partial charge in [0.05, 0.1) is 11.8 Å². The number of carbonyl (C=O) groups is 1. The maximum absolute atomic E-state index is 12.5. The first-order valence-corrected chi connectivity index (χ1v) is 7.06. The molecule has 0 spiro atoms. The minimum absolute atomic E-state index is 0.0604. The third-order valence-electron chi connectivity index (χ3n) is 3.72. The van der Waals surface area contributed by atoms with E-state index in [0.29, 0.717) is 18.2 Å². The summed E-state index contributed by atoms with van der Waals surface area (Å²) in [5.74, 6) is 0.0604. The lowest BCUT2D eigenvalue weighted by molar-refractivity contribution is 0.0723. The minimum atomic E-state index is 0.0604. The second-order valence-electron chi connectivity index (χ2n) is 4.90. The molecule has 0 unspecified atom stereocenters. The summed E-state index contributed by atoms with van der Waals surface area (Å²) in [5, 5.41) is 4.28. The molecule has 5 nitrogen and oxygen atoms in total. The highest BCUT2D eigenvalue weighted by atomic mass is 16.2. The Kier molecular flexibility index (Phi) is 6.02. The molecular weight excluding hydrogens is 240 g/mol. The first kappa shape index (κ1) is 15.7. The third kappa shape index (κ3) is 3.56. The van der Waals surface area contributed by atoms with E-state index in [9.17, 15) is 4.79 Å². The Hall–Kier alpha value is -1.36. The van der Waals surface area contributed by atoms with Gasteiger partial charge in [-0.25, -0.2) is 0 Å². The van der Waals surface area contributed by atoms with Crippen molar-refractivity contribution in [3.63, 3.8) is 0 Å². The molecule has 0 aliphatic rings. The molecule has 0 saturated heterocycles. The molecule has 1 rings (SSSR count). The molecule has 1 aromatic rings. The lowest BCUT2D eigenvalue weighted by atomic mass is 10.1. The van der Waals surface area contributed by atoms with Crippen LogP contribution in [0.3, 0.4) is 0 Å². The molecule has 0 aromatic carbocycles. The molecule has 5 heteroatoms. The molecule has 1 amide bonds. The molecule has 0 saturated carbocycles. The Morgan fingerprint density at radius 2 is 2.11 bits per heavy atom. The number of carbonyl (C=O) groups excluding carboxylic acids is 1. The molecule has 0 radical (unpaired) electrons. The fourth-order valence-electron chi connectivity index (χ4n) is 2.32. The monoisotopic (exact) mass is 266 g/mol. The highest BCUT2D eigenvalue weighted by Crippen LogP contribution is 2.14. The summed E-state index contributed by atoms with van der Waals surface area (Å²) in [6.45, 7) is 7.56. The van der Waals surface area contributed by atoms with E-state index in [1.165, 1.54) is 0 Å². The van der Waals surface area contributed by atoms with Crippen LogP contribution in [0.15, 0.2) is 6.20 Å². The van der Waals surface area contributed by atoms with Gasteiger partial charge in [-0.05, 0) is 32.7 Å². The Labute approximate surface area is 115 Å². The Balaban J connectivity index is 2.85. The first-order valence-electron chi connectivity index (χ1n) is 7.06. The summed E-state index contributed by atoms with van der Waals surface area (Å²) in [4.78, 5) is 14.3. The van der Waals surface area contributed by atoms with Gasteiger partial charge in [-0.1, -0.05) is 13.8 Å². The van der Waals surface area contributed by atoms with Crippen LogP contribution < -0.4 is 5.73 Å². The van der Waals surface area contributed by atoms with Crippen molar-refractivity contribution in [3.05, 3.63) is 17.5 Å². The van der Waals surface area contributed by atoms with Gasteiger partial charge in [0.1, 0.15) is 0 Å². The fraction of sp³-hybridized carbons (Fsp3) is 0.714. The van der Waals surface area contributed by atoms with E-state index in [4.69, 9.17) is 5.73 Å². The van der Waals surface area contributed by atoms with E-state index < -0.39 is 0 Å². The number of aryl methyl sites for hydroxylation is 1. The van der Waals surface area contributed by atoms with Crippen molar-refractivity contribution < 1.29 is 4.79 Å². The second kappa shape index (κ2) is 7.28. The zero-order chi connectivity index (χ0) is 14.4. The molecule has 2 N–H and O–H groups in total. The lowest BCUT2D eigenvalue weighted by Crippen LogP contribution is -2.36. The molecule has 0 fully saturated rings. The largest absolute Gasteiger partial charge is 0.339 e. The maximum atomic E-state index is 12.5. The number of hydrogen-bond donors (Lipinski definition) is 1. The van der Waals surface area contributed by atoms with Gasteiger partial charge in [0, 0.05) is 25.3 Å². The topological polar surface area (TPSA) is 64.2 Å². The SMILES string of the molecule is CCC(CC)N(C)C(=O)c1cnn(CCCN)c1C. The van der Waals surface area contributed by atoms with E-state index in [1.54, 1.807) is 6.20 Å². The predicted octanol–water partition coefficient (Wildman–Crippen LogP) is 1.80. The number of nitrogens with two attached hydrogens (primary N) is 1. The summed E-state index contributed by atoms with van der Waals surface area (Å²) in [5.41, 5.74) is 7.13. The summed E-state index contributed by atoms with van der Waals surface area (Å²) in [7, 11) is 1.87. The lowest BCUT2D eigenvalue weighted by Gasteiger charge is -2.26. The van der Waals surface area contributed by atoms with Gasteiger partial charge >= 0.3 is 0 Å². The molecule has 0 aliphatic carbocycles. The van der Waals surface area contributed by atoms with Crippen LogP contribution in [0.5, 0.6) is 0 Å². The zero-order valence-corrected chi connectivity index (χ0v) is 12.5. The standard InChI is InChI=1S/C14H26N4O/c1-5-12(6-2)17(4)14(19)13-10-16-18(11(13)3)9-7-8-15/h10,12H,5-9,15H2,1-4H3. The van der Waals surface area contributed by atoms with Gasteiger partial charge in [0.25, 0.3) is 5.91 Å². The molecule has 1 aromatic heterocycles. The third-order valence-corrected chi connectivity index (χ3v) is 3.72. The van der Waals surface area contributed by atoms with Crippen LogP contribution in [0.2, 0.25) is 0 Å². The quantitative estimate of drug-likeness (QED) is 0.818. The normalized spacial score (nSPS) is 11.1. The Morgan fingerprint density at radius 1 is 1.47 bits per heavy atom. The van der Waals surface area contributed by atoms with Gasteiger partial charge in [0.2, 0.25) is 0 Å². The van der Waals surface area contributed by atoms with Gasteiger partial charge in [-0.2, -0.15) is 5.10 Å². The summed E-state index contributed by atoms with van der Waals surface area (Å²) in [6, 6.07) is 0.291. The van der Waals surface area contributed by atoms with Gasteiger partial charge in [-0.15, -0.1) is 0 Å². The van der Waals surface area contributed by atoms with Gasteiger partial charge in [0.15, 0.2) is 0 Å². The predicted molar refractivity (Wildman–Crippen MR) is 77.1 cm³/mol. The summed E-state index contributed by atoms with van der Waals surface area (Å²) >= 11 is 0. The van der Waals surface area contributed by atoms with Crippen LogP contribution >= 0.6 is 0 Å². The highest BCUT2D eigenvalue weighted by Gasteiger charge is 2.22. The fourth-order valence-corrected chi connectivity index (χ4v) is 2.32. The van der Waals surface area contributed by atoms with Crippen molar-refractivity contribution in [1.82, 2.24) is 14.7 Å². The van der Waals surface area contributed by atoms with Crippen LogP contribution in [0.4, 0.5) is 0 Å². The smallest absolute Gasteiger partial charge is 0.257 e. The van der Waals surface area contributed by atoms with Crippen LogP contribution in [0.1, 0.15) is 49.2 Å². The average Bonchev–Trinajstić information content (AvgIpc) is 2.78. The van der Waals surface area contributed by atoms with E-state index in [1.807, 2.05) is 23.6 Å². The number of amides is 1. The van der Waals surface area contributed by atoms with E-state index in [2.05, 4.69) is 18.9 Å². The van der Waals surface area contributed by atoms with Crippen LogP contribution in [0, 0.1) is 6.92 Å². The van der Waals surface area contributed by atoms with Gasteiger partial charge < -0.3 is 10.6 Å². The van der Waals surface area contributed by atoms with E-state index >= 15 is 0 Å². The van der Waals surface area contributed by atoms with Crippen LogP contribution in [-0.4, -0.2) is 40.2 Å². The van der Waals surface area contributed by atoms with Crippen molar-refractivity contribution >= 4 is 5.91 Å². The molecular formula is C14H26N4O. The van der Waals surface area contributed by atoms with Gasteiger partial charge in [-0.3, -0.25) is 9.48 Å². The molecule has 1 heterocycles. The Bertz CT molecular complexity index is 410. The van der Waals surface area contributed by atoms with Crippen LogP contribution in [0.25, 0.3) is 0 Å². The van der Waals surface area contributed by atoms with Crippen LogP contribution in [-0.2, 0) is 6.54 Å². The number of aromatic nitrogens is 2. The van der Waals surface area contributed by atoms with Crippen molar-refractivity contribution in [2.45, 2.75) is 52.6 Å². The average molecular weight is 266 g/mol. The second-order valence-corrected chi connectivity index (χ2v) is 4.90. The molecule has 0 bridgehead atoms. The number of hydrogen-bond acceptors (Lipinski definition) is 3. The first-order chi connectivity index (χ1) is 9.06. The number of rotatable bonds is 7. The van der Waals surface area contributed by atoms with Crippen molar-refractivity contribution in [2.75, 3.05) is 13.6 Å². The molecule has 0 atom stereocenters. The molecule has 108 valence electrons. The van der Waals surface area contributed by atoms with E-state index in [0.717, 1.165) is 31.5 Å². The molecule has 0 aliphatic heterocycles. The maximum Gasteiger partial charge on any atom is 0.257 e. The van der Waals surface area contributed by atoms with E-state index in [-0.39, 0.29) is 5.91 Å². The molecule has 19 heavy (non-hydrogen) atoms. The van der Waals surface area contributed by atoms with Crippen molar-refractivity contribution in [3.8, 4) is 0 Å². The Morgan fingerprint density at radius 3 is 2.63 bits per heavy atom. The zero-order valence-electron chi connectivity index (χ0n) is 12.5. The summed E-state index contributed by atoms with van der Waals surface area (Å²) in [6.07, 6.45) is 4.49. The highest BCUT2D eigenvalue weighted by molar-refractivity contribution is 5.95. The summed E-state index contributed by atoms with van der Waals surface area (Å²) < 4.78 is 1.86.